The van der Waals surface area contributed by atoms with Gasteiger partial charge in [0, 0.05) is 40.9 Å². The van der Waals surface area contributed by atoms with E-state index in [4.69, 9.17) is 4.74 Å². The number of allylic oxidation sites excluding steroid dienone is 1. The molecule has 2 aliphatic rings. The van der Waals surface area contributed by atoms with Crippen molar-refractivity contribution in [3.05, 3.63) is 52.7 Å². The second kappa shape index (κ2) is 9.31. The highest BCUT2D eigenvalue weighted by molar-refractivity contribution is 8.16. The summed E-state index contributed by atoms with van der Waals surface area (Å²) in [5, 5.41) is 0.254. The molecule has 0 spiro atoms. The van der Waals surface area contributed by atoms with E-state index in [1.54, 1.807) is 22.9 Å². The fourth-order valence-electron chi connectivity index (χ4n) is 4.29. The standard InChI is InChI=1S/C22H23F3N4O3S2/c1-5-17(30)28-12(2)8-27(9-13(28)3)20-15-6-14(22(23,24)25)7-16-19(15)29(21(31)26-20)18(10-32-4)34-11-33-16/h5-8,13,18H,1,9-11H2,2-4H3/t13-,18+/m0/s1. The van der Waals surface area contributed by atoms with Gasteiger partial charge in [-0.05, 0) is 32.1 Å². The number of methoxy groups -OCH3 is 1. The van der Waals surface area contributed by atoms with Crippen LogP contribution in [0.3, 0.4) is 0 Å². The number of benzene rings is 1. The average Bonchev–Trinajstić information content (AvgIpc) is 2.95. The van der Waals surface area contributed by atoms with Crippen LogP contribution in [-0.4, -0.2) is 51.7 Å². The highest BCUT2D eigenvalue weighted by Crippen LogP contribution is 2.44. The zero-order valence-corrected chi connectivity index (χ0v) is 20.4. The molecule has 0 saturated carbocycles. The first-order chi connectivity index (χ1) is 16.1. The normalized spacial score (nSPS) is 20.8. The Kier molecular flexibility index (Phi) is 6.76. The number of halogens is 3. The van der Waals surface area contributed by atoms with Gasteiger partial charge in [0.1, 0.15) is 11.2 Å². The van der Waals surface area contributed by atoms with E-state index in [2.05, 4.69) is 11.6 Å². The summed E-state index contributed by atoms with van der Waals surface area (Å²) < 4.78 is 48.1. The van der Waals surface area contributed by atoms with E-state index >= 15 is 0 Å². The fourth-order valence-corrected chi connectivity index (χ4v) is 6.83. The molecule has 2 aliphatic heterocycles. The van der Waals surface area contributed by atoms with Crippen molar-refractivity contribution in [1.29, 1.82) is 0 Å². The molecule has 0 N–H and O–H groups in total. The van der Waals surface area contributed by atoms with Crippen molar-refractivity contribution in [2.24, 2.45) is 0 Å². The van der Waals surface area contributed by atoms with Crippen LogP contribution < -0.4 is 10.6 Å². The fraction of sp³-hybridized carbons (Fsp3) is 0.409. The van der Waals surface area contributed by atoms with E-state index in [-0.39, 0.29) is 36.3 Å². The Morgan fingerprint density at radius 3 is 2.74 bits per heavy atom. The second-order valence-electron chi connectivity index (χ2n) is 7.98. The molecule has 3 heterocycles. The van der Waals surface area contributed by atoms with Crippen LogP contribution in [0.4, 0.5) is 19.0 Å². The first-order valence-corrected chi connectivity index (χ1v) is 12.4. The van der Waals surface area contributed by atoms with E-state index in [0.29, 0.717) is 21.2 Å². The Morgan fingerprint density at radius 1 is 1.38 bits per heavy atom. The van der Waals surface area contributed by atoms with Gasteiger partial charge in [-0.25, -0.2) is 4.79 Å². The average molecular weight is 513 g/mol. The summed E-state index contributed by atoms with van der Waals surface area (Å²) in [5.74, 6) is -0.151. The Bertz CT molecular complexity index is 1240. The Balaban J connectivity index is 2.00. The smallest absolute Gasteiger partial charge is 0.382 e. The van der Waals surface area contributed by atoms with Crippen molar-refractivity contribution in [1.82, 2.24) is 14.5 Å². The topological polar surface area (TPSA) is 67.7 Å². The molecule has 0 aliphatic carbocycles. The van der Waals surface area contributed by atoms with Crippen LogP contribution in [-0.2, 0) is 15.7 Å². The van der Waals surface area contributed by atoms with Gasteiger partial charge in [0.05, 0.1) is 23.7 Å². The van der Waals surface area contributed by atoms with Crippen LogP contribution in [0.25, 0.3) is 10.9 Å². The number of anilines is 1. The first kappa shape index (κ1) is 24.7. The molecule has 0 radical (unpaired) electrons. The molecule has 2 atom stereocenters. The summed E-state index contributed by atoms with van der Waals surface area (Å²) in [4.78, 5) is 33.3. The summed E-state index contributed by atoms with van der Waals surface area (Å²) in [6.45, 7) is 7.51. The third kappa shape index (κ3) is 4.34. The lowest BCUT2D eigenvalue weighted by Crippen LogP contribution is -2.47. The molecule has 2 aromatic rings. The largest absolute Gasteiger partial charge is 0.416 e. The van der Waals surface area contributed by atoms with Gasteiger partial charge < -0.3 is 14.5 Å². The highest BCUT2D eigenvalue weighted by Gasteiger charge is 2.35. The van der Waals surface area contributed by atoms with Crippen molar-refractivity contribution in [2.75, 3.05) is 30.2 Å². The quantitative estimate of drug-likeness (QED) is 0.561. The molecule has 0 bridgehead atoms. The first-order valence-electron chi connectivity index (χ1n) is 10.4. The number of amides is 1. The summed E-state index contributed by atoms with van der Waals surface area (Å²) >= 11 is 2.67. The van der Waals surface area contributed by atoms with Crippen LogP contribution in [0, 0.1) is 0 Å². The Hall–Kier alpha value is -2.44. The van der Waals surface area contributed by atoms with Crippen molar-refractivity contribution >= 4 is 46.2 Å². The number of carbonyl (C=O) groups is 1. The molecule has 7 nitrogen and oxygen atoms in total. The van der Waals surface area contributed by atoms with E-state index in [9.17, 15) is 22.8 Å². The van der Waals surface area contributed by atoms with Gasteiger partial charge >= 0.3 is 11.9 Å². The Labute approximate surface area is 202 Å². The van der Waals surface area contributed by atoms with Crippen molar-refractivity contribution in [3.8, 4) is 0 Å². The maximum Gasteiger partial charge on any atom is 0.416 e. The van der Waals surface area contributed by atoms with E-state index in [0.717, 1.165) is 12.1 Å². The molecular weight excluding hydrogens is 489 g/mol. The number of nitrogens with zero attached hydrogens (tertiary/aromatic N) is 4. The predicted molar refractivity (Wildman–Crippen MR) is 128 cm³/mol. The second-order valence-corrected chi connectivity index (χ2v) is 10.5. The number of hydrogen-bond donors (Lipinski definition) is 0. The third-order valence-corrected chi connectivity index (χ3v) is 8.04. The van der Waals surface area contributed by atoms with Crippen LogP contribution in [0.2, 0.25) is 0 Å². The van der Waals surface area contributed by atoms with Crippen LogP contribution in [0.15, 0.2) is 46.4 Å². The number of carbonyl (C=O) groups excluding carboxylic acids is 1. The predicted octanol–water partition coefficient (Wildman–Crippen LogP) is 4.44. The van der Waals surface area contributed by atoms with Gasteiger partial charge in [0.2, 0.25) is 5.91 Å². The lowest BCUT2D eigenvalue weighted by molar-refractivity contribution is -0.137. The molecule has 34 heavy (non-hydrogen) atoms. The molecule has 12 heteroatoms. The number of hydrogen-bond acceptors (Lipinski definition) is 7. The van der Waals surface area contributed by atoms with Gasteiger partial charge in [-0.15, -0.1) is 23.5 Å². The maximum absolute atomic E-state index is 13.8. The van der Waals surface area contributed by atoms with E-state index in [1.807, 2.05) is 6.92 Å². The minimum absolute atomic E-state index is 0.129. The molecule has 0 fully saturated rings. The van der Waals surface area contributed by atoms with Gasteiger partial charge in [-0.3, -0.25) is 9.36 Å². The Morgan fingerprint density at radius 2 is 2.12 bits per heavy atom. The molecule has 1 amide bonds. The number of rotatable bonds is 4. The summed E-state index contributed by atoms with van der Waals surface area (Å²) in [7, 11) is 1.51. The van der Waals surface area contributed by atoms with Gasteiger partial charge in [0.15, 0.2) is 0 Å². The lowest BCUT2D eigenvalue weighted by atomic mass is 10.1. The SMILES string of the molecule is C=CC(=O)N1C(C)=CN(c2nc(=O)n3c4c(cc(C(F)(F)F)cc24)SCS[C@@H]3COC)C[C@@H]1C. The monoisotopic (exact) mass is 512 g/mol. The highest BCUT2D eigenvalue weighted by atomic mass is 32.2. The minimum atomic E-state index is -4.57. The summed E-state index contributed by atoms with van der Waals surface area (Å²) in [6, 6.07) is 1.82. The molecule has 0 saturated heterocycles. The molecule has 182 valence electrons. The van der Waals surface area contributed by atoms with Gasteiger partial charge in [0.25, 0.3) is 0 Å². The number of aromatic nitrogens is 2. The molecule has 4 rings (SSSR count). The third-order valence-electron chi connectivity index (χ3n) is 5.67. The molecule has 0 unspecified atom stereocenters. The summed E-state index contributed by atoms with van der Waals surface area (Å²) in [6.07, 6.45) is -1.73. The van der Waals surface area contributed by atoms with Crippen LogP contribution >= 0.6 is 23.5 Å². The molecule has 1 aromatic carbocycles. The zero-order valence-electron chi connectivity index (χ0n) is 18.8. The van der Waals surface area contributed by atoms with Crippen molar-refractivity contribution < 1.29 is 22.7 Å². The van der Waals surface area contributed by atoms with Gasteiger partial charge in [-0.2, -0.15) is 18.2 Å². The lowest BCUT2D eigenvalue weighted by Gasteiger charge is -2.38. The van der Waals surface area contributed by atoms with Crippen LogP contribution in [0.5, 0.6) is 0 Å². The minimum Gasteiger partial charge on any atom is -0.382 e. The van der Waals surface area contributed by atoms with Gasteiger partial charge in [-0.1, -0.05) is 6.58 Å². The molecular formula is C22H23F3N4O3S2. The van der Waals surface area contributed by atoms with E-state index < -0.39 is 22.8 Å². The zero-order chi connectivity index (χ0) is 24.8. The van der Waals surface area contributed by atoms with Crippen molar-refractivity contribution in [2.45, 2.75) is 36.3 Å². The number of ether oxygens (including phenoxy) is 1. The summed E-state index contributed by atoms with van der Waals surface area (Å²) in [5.41, 5.74) is -0.395. The van der Waals surface area contributed by atoms with Crippen molar-refractivity contribution in [3.63, 3.8) is 0 Å². The molecule has 1 aromatic heterocycles. The number of alkyl halides is 3. The maximum atomic E-state index is 13.8. The number of thioether (sulfide) groups is 2. The van der Waals surface area contributed by atoms with Crippen LogP contribution in [0.1, 0.15) is 24.8 Å². The van der Waals surface area contributed by atoms with E-state index in [1.165, 1.54) is 41.3 Å².